The van der Waals surface area contributed by atoms with Gasteiger partial charge in [0.25, 0.3) is 5.91 Å². The largest absolute Gasteiger partial charge is 0.433 e. The molecular weight excluding hydrogens is 460 g/mol. The third kappa shape index (κ3) is 3.90. The van der Waals surface area contributed by atoms with Crippen molar-refractivity contribution in [1.29, 1.82) is 0 Å². The maximum atomic E-state index is 14.0. The van der Waals surface area contributed by atoms with Crippen molar-refractivity contribution in [2.45, 2.75) is 12.4 Å². The van der Waals surface area contributed by atoms with Crippen molar-refractivity contribution in [3.8, 4) is 11.3 Å². The van der Waals surface area contributed by atoms with Gasteiger partial charge in [-0.15, -0.1) is 11.3 Å². The molecule has 0 saturated carbocycles. The summed E-state index contributed by atoms with van der Waals surface area (Å²) in [5, 5.41) is 8.26. The van der Waals surface area contributed by atoms with E-state index in [-0.39, 0.29) is 11.3 Å². The third-order valence-electron chi connectivity index (χ3n) is 4.47. The van der Waals surface area contributed by atoms with Gasteiger partial charge in [0.15, 0.2) is 0 Å². The summed E-state index contributed by atoms with van der Waals surface area (Å²) >= 11 is 1.19. The number of hydrogen-bond donors (Lipinski definition) is 1. The van der Waals surface area contributed by atoms with E-state index in [0.29, 0.717) is 16.2 Å². The van der Waals surface area contributed by atoms with Crippen LogP contribution in [0.15, 0.2) is 42.2 Å². The fourth-order valence-corrected chi connectivity index (χ4v) is 4.04. The van der Waals surface area contributed by atoms with E-state index >= 15 is 0 Å². The van der Waals surface area contributed by atoms with Crippen LogP contribution in [0.3, 0.4) is 0 Å². The number of aromatic nitrogens is 4. The number of alkyl halides is 6. The molecule has 0 bridgehead atoms. The highest BCUT2D eigenvalue weighted by atomic mass is 32.1. The zero-order valence-corrected chi connectivity index (χ0v) is 16.7. The van der Waals surface area contributed by atoms with Crippen LogP contribution >= 0.6 is 11.3 Å². The van der Waals surface area contributed by atoms with E-state index in [1.807, 2.05) is 0 Å². The summed E-state index contributed by atoms with van der Waals surface area (Å²) in [4.78, 5) is 19.8. The first-order chi connectivity index (χ1) is 15.0. The molecule has 0 fully saturated rings. The standard InChI is InChI=1S/C19H11F6N5OS/c1-30-15(17(31)28-10-2-4-27-12(6-10)18(20,21)22)13(19(23,24)25)14(29-30)11-8-26-7-9-3-5-32-16(9)11/h2-8H,1H3,(H,27,28,31). The Bertz CT molecular complexity index is 1320. The maximum Gasteiger partial charge on any atom is 0.433 e. The lowest BCUT2D eigenvalue weighted by Crippen LogP contribution is -2.21. The van der Waals surface area contributed by atoms with Crippen LogP contribution in [0.2, 0.25) is 0 Å². The van der Waals surface area contributed by atoms with Crippen molar-refractivity contribution in [3.63, 3.8) is 0 Å². The monoisotopic (exact) mass is 471 g/mol. The molecule has 0 aliphatic carbocycles. The molecule has 6 nitrogen and oxygen atoms in total. The van der Waals surface area contributed by atoms with Gasteiger partial charge in [-0.05, 0) is 23.6 Å². The van der Waals surface area contributed by atoms with Crippen LogP contribution in [-0.4, -0.2) is 25.7 Å². The highest BCUT2D eigenvalue weighted by molar-refractivity contribution is 7.17. The lowest BCUT2D eigenvalue weighted by molar-refractivity contribution is -0.141. The normalized spacial score (nSPS) is 12.3. The minimum absolute atomic E-state index is 0.0859. The Kier molecular flexibility index (Phi) is 5.15. The first kappa shape index (κ1) is 21.7. The number of nitrogens with zero attached hydrogens (tertiary/aromatic N) is 4. The van der Waals surface area contributed by atoms with Gasteiger partial charge in [0.05, 0.1) is 0 Å². The minimum Gasteiger partial charge on any atom is -0.321 e. The fraction of sp³-hybridized carbons (Fsp3) is 0.158. The van der Waals surface area contributed by atoms with Gasteiger partial charge >= 0.3 is 12.4 Å². The molecule has 0 radical (unpaired) electrons. The first-order valence-corrected chi connectivity index (χ1v) is 9.65. The number of hydrogen-bond acceptors (Lipinski definition) is 5. The molecule has 0 aliphatic heterocycles. The van der Waals surface area contributed by atoms with Gasteiger partial charge in [-0.25, -0.2) is 0 Å². The summed E-state index contributed by atoms with van der Waals surface area (Å²) < 4.78 is 82.0. The Morgan fingerprint density at radius 1 is 1.09 bits per heavy atom. The number of pyridine rings is 2. The van der Waals surface area contributed by atoms with E-state index < -0.39 is 40.9 Å². The molecule has 0 saturated heterocycles. The van der Waals surface area contributed by atoms with Crippen LogP contribution < -0.4 is 5.32 Å². The molecule has 0 unspecified atom stereocenters. The summed E-state index contributed by atoms with van der Waals surface area (Å²) in [6.45, 7) is 0. The molecule has 4 aromatic heterocycles. The Balaban J connectivity index is 1.82. The molecular formula is C19H11F6N5OS. The molecule has 0 aromatic carbocycles. The second-order valence-electron chi connectivity index (χ2n) is 6.60. The molecule has 1 amide bonds. The summed E-state index contributed by atoms with van der Waals surface area (Å²) in [6, 6.07) is 3.24. The van der Waals surface area contributed by atoms with E-state index in [9.17, 15) is 31.1 Å². The summed E-state index contributed by atoms with van der Waals surface area (Å²) in [5.74, 6) is -1.27. The van der Waals surface area contributed by atoms with Crippen LogP contribution in [0.4, 0.5) is 32.0 Å². The minimum atomic E-state index is -4.98. The Morgan fingerprint density at radius 2 is 1.84 bits per heavy atom. The van der Waals surface area contributed by atoms with E-state index in [1.54, 1.807) is 11.4 Å². The average molecular weight is 471 g/mol. The van der Waals surface area contributed by atoms with Gasteiger partial charge < -0.3 is 5.32 Å². The maximum absolute atomic E-state index is 14.0. The quantitative estimate of drug-likeness (QED) is 0.407. The molecule has 0 spiro atoms. The number of rotatable bonds is 3. The zero-order chi connectivity index (χ0) is 23.3. The van der Waals surface area contributed by atoms with E-state index in [4.69, 9.17) is 0 Å². The smallest absolute Gasteiger partial charge is 0.321 e. The van der Waals surface area contributed by atoms with E-state index in [1.165, 1.54) is 23.7 Å². The molecule has 0 aliphatic rings. The molecule has 4 aromatic rings. The molecule has 4 rings (SSSR count). The molecule has 13 heteroatoms. The van der Waals surface area contributed by atoms with Crippen LogP contribution in [0.1, 0.15) is 21.7 Å². The molecule has 0 atom stereocenters. The topological polar surface area (TPSA) is 72.7 Å². The van der Waals surface area contributed by atoms with Gasteiger partial charge in [0.1, 0.15) is 22.6 Å². The van der Waals surface area contributed by atoms with E-state index in [2.05, 4.69) is 20.4 Å². The molecule has 32 heavy (non-hydrogen) atoms. The van der Waals surface area contributed by atoms with Crippen LogP contribution in [0, 0.1) is 0 Å². The van der Waals surface area contributed by atoms with Gasteiger partial charge in [-0.1, -0.05) is 0 Å². The Labute approximate surface area is 179 Å². The molecule has 4 heterocycles. The number of anilines is 1. The van der Waals surface area contributed by atoms with Crippen molar-refractivity contribution in [3.05, 3.63) is 59.1 Å². The number of aryl methyl sites for hydroxylation is 1. The van der Waals surface area contributed by atoms with Crippen LogP contribution in [-0.2, 0) is 19.4 Å². The average Bonchev–Trinajstić information content (AvgIpc) is 3.31. The Morgan fingerprint density at radius 3 is 2.53 bits per heavy atom. The van der Waals surface area contributed by atoms with Gasteiger partial charge in [0, 0.05) is 47.0 Å². The van der Waals surface area contributed by atoms with Gasteiger partial charge in [-0.3, -0.25) is 19.4 Å². The van der Waals surface area contributed by atoms with Crippen molar-refractivity contribution in [2.75, 3.05) is 5.32 Å². The predicted octanol–water partition coefficient (Wildman–Crippen LogP) is 5.38. The predicted molar refractivity (Wildman–Crippen MR) is 104 cm³/mol. The van der Waals surface area contributed by atoms with Crippen molar-refractivity contribution in [1.82, 2.24) is 19.7 Å². The van der Waals surface area contributed by atoms with Crippen molar-refractivity contribution >= 4 is 33.0 Å². The van der Waals surface area contributed by atoms with Gasteiger partial charge in [0.2, 0.25) is 0 Å². The Hall–Kier alpha value is -3.48. The number of amides is 1. The number of fused-ring (bicyclic) bond motifs is 1. The number of thiophene rings is 1. The molecule has 1 N–H and O–H groups in total. The highest BCUT2D eigenvalue weighted by Crippen LogP contribution is 2.42. The first-order valence-electron chi connectivity index (χ1n) is 8.77. The molecule has 166 valence electrons. The highest BCUT2D eigenvalue weighted by Gasteiger charge is 2.42. The second kappa shape index (κ2) is 7.58. The number of carbonyl (C=O) groups excluding carboxylic acids is 1. The third-order valence-corrected chi connectivity index (χ3v) is 5.43. The zero-order valence-electron chi connectivity index (χ0n) is 15.9. The summed E-state index contributed by atoms with van der Waals surface area (Å²) in [6.07, 6.45) is -6.27. The van der Waals surface area contributed by atoms with Crippen LogP contribution in [0.25, 0.3) is 21.3 Å². The van der Waals surface area contributed by atoms with Crippen molar-refractivity contribution < 1.29 is 31.1 Å². The lowest BCUT2D eigenvalue weighted by atomic mass is 10.1. The van der Waals surface area contributed by atoms with Crippen molar-refractivity contribution in [2.24, 2.45) is 7.05 Å². The summed E-state index contributed by atoms with van der Waals surface area (Å²) in [5.41, 5.74) is -4.25. The van der Waals surface area contributed by atoms with Crippen LogP contribution in [0.5, 0.6) is 0 Å². The second-order valence-corrected chi connectivity index (χ2v) is 7.52. The van der Waals surface area contributed by atoms with Gasteiger partial charge in [-0.2, -0.15) is 31.4 Å². The summed E-state index contributed by atoms with van der Waals surface area (Å²) in [7, 11) is 1.14. The van der Waals surface area contributed by atoms with E-state index in [0.717, 1.165) is 24.0 Å². The number of nitrogens with one attached hydrogen (secondary N) is 1. The SMILES string of the molecule is Cn1nc(-c2cncc3ccsc23)c(C(F)(F)F)c1C(=O)Nc1ccnc(C(F)(F)F)c1. The lowest BCUT2D eigenvalue weighted by Gasteiger charge is -2.12. The number of carbonyl (C=O) groups is 1. The number of halogens is 6. The fourth-order valence-electron chi connectivity index (χ4n) is 3.15.